The highest BCUT2D eigenvalue weighted by Crippen LogP contribution is 2.19. The predicted molar refractivity (Wildman–Crippen MR) is 82.7 cm³/mol. The molecule has 110 valence electrons. The van der Waals surface area contributed by atoms with Crippen LogP contribution >= 0.6 is 23.4 Å². The van der Waals surface area contributed by atoms with E-state index in [0.717, 1.165) is 24.2 Å². The Bertz CT molecular complexity index is 431. The van der Waals surface area contributed by atoms with Crippen molar-refractivity contribution < 1.29 is 14.3 Å². The van der Waals surface area contributed by atoms with Gasteiger partial charge in [-0.2, -0.15) is 0 Å². The van der Waals surface area contributed by atoms with Gasteiger partial charge < -0.3 is 4.74 Å². The summed E-state index contributed by atoms with van der Waals surface area (Å²) in [5.41, 5.74) is 0.589. The minimum atomic E-state index is -0.202. The van der Waals surface area contributed by atoms with Crippen LogP contribution in [0.4, 0.5) is 0 Å². The predicted octanol–water partition coefficient (Wildman–Crippen LogP) is 3.93. The number of esters is 1. The summed E-state index contributed by atoms with van der Waals surface area (Å²) >= 11 is 6.89. The molecule has 1 rings (SSSR count). The van der Waals surface area contributed by atoms with E-state index in [1.165, 1.54) is 11.8 Å². The number of carbonyl (C=O) groups excluding carboxylic acids is 2. The average molecular weight is 315 g/mol. The van der Waals surface area contributed by atoms with E-state index in [1.54, 1.807) is 12.1 Å². The van der Waals surface area contributed by atoms with Gasteiger partial charge in [0.1, 0.15) is 0 Å². The van der Waals surface area contributed by atoms with Crippen molar-refractivity contribution >= 4 is 35.1 Å². The van der Waals surface area contributed by atoms with E-state index in [2.05, 4.69) is 6.92 Å². The van der Waals surface area contributed by atoms with Crippen LogP contribution in [0.1, 0.15) is 36.5 Å². The van der Waals surface area contributed by atoms with Crippen molar-refractivity contribution in [2.24, 2.45) is 0 Å². The summed E-state index contributed by atoms with van der Waals surface area (Å²) < 4.78 is 5.11. The van der Waals surface area contributed by atoms with Gasteiger partial charge in [0, 0.05) is 10.5 Å². The topological polar surface area (TPSA) is 43.4 Å². The number of rotatable bonds is 9. The number of Topliss-reactive ketones (excluding diaryl/α,β-unsaturated/α-hetero) is 1. The van der Waals surface area contributed by atoms with Gasteiger partial charge in [0.15, 0.2) is 5.78 Å². The fraction of sp³-hybridized carbons (Fsp3) is 0.467. The molecular weight excluding hydrogens is 296 g/mol. The normalized spacial score (nSPS) is 10.3. The van der Waals surface area contributed by atoms with Crippen LogP contribution in [-0.2, 0) is 9.53 Å². The second-order valence-electron chi connectivity index (χ2n) is 4.30. The molecule has 0 radical (unpaired) electrons. The van der Waals surface area contributed by atoms with Gasteiger partial charge >= 0.3 is 5.97 Å². The van der Waals surface area contributed by atoms with Crippen LogP contribution in [0, 0.1) is 0 Å². The van der Waals surface area contributed by atoms with Crippen molar-refractivity contribution in [3.05, 3.63) is 29.8 Å². The first-order valence-electron chi connectivity index (χ1n) is 6.65. The summed E-state index contributed by atoms with van der Waals surface area (Å²) in [7, 11) is 0. The van der Waals surface area contributed by atoms with Crippen molar-refractivity contribution in [2.45, 2.75) is 31.1 Å². The Kier molecular flexibility index (Phi) is 8.38. The molecule has 20 heavy (non-hydrogen) atoms. The van der Waals surface area contributed by atoms with Crippen LogP contribution in [0.25, 0.3) is 0 Å². The summed E-state index contributed by atoms with van der Waals surface area (Å²) in [6.45, 7) is 2.60. The summed E-state index contributed by atoms with van der Waals surface area (Å²) in [5, 5.41) is 0. The number of ketones is 1. The zero-order valence-corrected chi connectivity index (χ0v) is 13.1. The number of ether oxygens (including phenoxy) is 1. The van der Waals surface area contributed by atoms with Gasteiger partial charge in [-0.1, -0.05) is 31.9 Å². The molecule has 0 N–H and O–H groups in total. The summed E-state index contributed by atoms with van der Waals surface area (Å²) in [6, 6.07) is 7.07. The van der Waals surface area contributed by atoms with Crippen LogP contribution in [-0.4, -0.2) is 30.0 Å². The molecule has 0 bridgehead atoms. The van der Waals surface area contributed by atoms with Crippen molar-refractivity contribution in [3.63, 3.8) is 0 Å². The number of hydrogen-bond acceptors (Lipinski definition) is 4. The molecule has 0 spiro atoms. The number of carbonyl (C=O) groups is 2. The monoisotopic (exact) mass is 314 g/mol. The number of benzene rings is 1. The number of alkyl halides is 1. The largest absolute Gasteiger partial charge is 0.465 e. The number of thioether (sulfide) groups is 1. The van der Waals surface area contributed by atoms with Crippen LogP contribution in [0.2, 0.25) is 0 Å². The molecule has 0 aromatic heterocycles. The van der Waals surface area contributed by atoms with E-state index in [-0.39, 0.29) is 23.4 Å². The highest BCUT2D eigenvalue weighted by molar-refractivity contribution is 8.00. The number of hydrogen-bond donors (Lipinski definition) is 0. The third-order valence-electron chi connectivity index (χ3n) is 2.67. The lowest BCUT2D eigenvalue weighted by atomic mass is 10.1. The van der Waals surface area contributed by atoms with Crippen molar-refractivity contribution in [1.82, 2.24) is 0 Å². The van der Waals surface area contributed by atoms with Gasteiger partial charge in [-0.25, -0.2) is 0 Å². The Labute approximate surface area is 129 Å². The molecule has 5 heteroatoms. The smallest absolute Gasteiger partial charge is 0.316 e. The zero-order valence-electron chi connectivity index (χ0n) is 11.6. The van der Waals surface area contributed by atoms with E-state index >= 15 is 0 Å². The maximum Gasteiger partial charge on any atom is 0.316 e. The first-order valence-corrected chi connectivity index (χ1v) is 8.17. The molecule has 0 amide bonds. The summed E-state index contributed by atoms with van der Waals surface area (Å²) in [6.07, 6.45) is 3.11. The molecule has 3 nitrogen and oxygen atoms in total. The van der Waals surface area contributed by atoms with Gasteiger partial charge in [0.2, 0.25) is 0 Å². The third kappa shape index (κ3) is 6.44. The van der Waals surface area contributed by atoms with Crippen LogP contribution in [0.3, 0.4) is 0 Å². The van der Waals surface area contributed by atoms with Crippen molar-refractivity contribution in [1.29, 1.82) is 0 Å². The van der Waals surface area contributed by atoms with Crippen molar-refractivity contribution in [2.75, 3.05) is 18.2 Å². The standard InChI is InChI=1S/C15H19ClO3S/c1-2-3-4-9-19-15(18)11-20-13-7-5-12(6-8-13)14(17)10-16/h5-8H,2-4,9-11H2,1H3. The van der Waals surface area contributed by atoms with Gasteiger partial charge in [0.05, 0.1) is 18.2 Å². The van der Waals surface area contributed by atoms with E-state index in [0.29, 0.717) is 12.2 Å². The molecule has 0 saturated heterocycles. The first kappa shape index (κ1) is 17.1. The lowest BCUT2D eigenvalue weighted by Gasteiger charge is -2.05. The van der Waals surface area contributed by atoms with Gasteiger partial charge in [-0.05, 0) is 18.6 Å². The zero-order chi connectivity index (χ0) is 14.8. The lowest BCUT2D eigenvalue weighted by molar-refractivity contribution is -0.140. The number of halogens is 1. The molecule has 0 aliphatic rings. The van der Waals surface area contributed by atoms with Crippen LogP contribution in [0.15, 0.2) is 29.2 Å². The molecule has 0 aliphatic carbocycles. The SMILES string of the molecule is CCCCCOC(=O)CSc1ccc(C(=O)CCl)cc1. The van der Waals surface area contributed by atoms with Crippen LogP contribution in [0.5, 0.6) is 0 Å². The van der Waals surface area contributed by atoms with Crippen LogP contribution < -0.4 is 0 Å². The Morgan fingerprint density at radius 1 is 1.20 bits per heavy atom. The Morgan fingerprint density at radius 2 is 1.90 bits per heavy atom. The molecule has 0 heterocycles. The minimum Gasteiger partial charge on any atom is -0.465 e. The van der Waals surface area contributed by atoms with Gasteiger partial charge in [-0.15, -0.1) is 23.4 Å². The third-order valence-corrected chi connectivity index (χ3v) is 3.89. The van der Waals surface area contributed by atoms with E-state index in [4.69, 9.17) is 16.3 Å². The minimum absolute atomic E-state index is 0.0173. The molecule has 0 atom stereocenters. The highest BCUT2D eigenvalue weighted by atomic mass is 35.5. The van der Waals surface area contributed by atoms with E-state index in [9.17, 15) is 9.59 Å². The first-order chi connectivity index (χ1) is 9.67. The maximum atomic E-state index is 11.5. The summed E-state index contributed by atoms with van der Waals surface area (Å²) in [5.74, 6) is -0.0311. The van der Waals surface area contributed by atoms with Gasteiger partial charge in [-0.3, -0.25) is 9.59 Å². The second-order valence-corrected chi connectivity index (χ2v) is 5.61. The molecule has 0 aliphatic heterocycles. The molecule has 0 unspecified atom stereocenters. The van der Waals surface area contributed by atoms with Gasteiger partial charge in [0.25, 0.3) is 0 Å². The second kappa shape index (κ2) is 9.83. The molecular formula is C15H19ClO3S. The summed E-state index contributed by atoms with van der Waals surface area (Å²) in [4.78, 5) is 23.8. The Hall–Kier alpha value is -1.00. The quantitative estimate of drug-likeness (QED) is 0.228. The highest BCUT2D eigenvalue weighted by Gasteiger charge is 2.06. The molecule has 1 aromatic carbocycles. The van der Waals surface area contributed by atoms with Crippen molar-refractivity contribution in [3.8, 4) is 0 Å². The molecule has 0 fully saturated rings. The Balaban J connectivity index is 2.31. The fourth-order valence-corrected chi connectivity index (χ4v) is 2.39. The molecule has 1 aromatic rings. The Morgan fingerprint density at radius 3 is 2.50 bits per heavy atom. The lowest BCUT2D eigenvalue weighted by Crippen LogP contribution is -2.08. The number of unbranched alkanes of at least 4 members (excludes halogenated alkanes) is 2. The fourth-order valence-electron chi connectivity index (χ4n) is 1.54. The maximum absolute atomic E-state index is 11.5. The van der Waals surface area contributed by atoms with E-state index < -0.39 is 0 Å². The molecule has 0 saturated carbocycles. The van der Waals surface area contributed by atoms with E-state index in [1.807, 2.05) is 12.1 Å². The average Bonchev–Trinajstić information content (AvgIpc) is 2.49.